The summed E-state index contributed by atoms with van der Waals surface area (Å²) in [5, 5.41) is 0.679. The molecule has 4 rings (SSSR count). The van der Waals surface area contributed by atoms with Crippen LogP contribution in [0.25, 0.3) is 10.9 Å². The van der Waals surface area contributed by atoms with Crippen LogP contribution in [0.2, 0.25) is 0 Å². The van der Waals surface area contributed by atoms with E-state index in [1.54, 1.807) is 28.7 Å². The Bertz CT molecular complexity index is 985. The zero-order valence-corrected chi connectivity index (χ0v) is 18.0. The third kappa shape index (κ3) is 3.93. The van der Waals surface area contributed by atoms with Crippen molar-refractivity contribution in [2.24, 2.45) is 5.92 Å². The number of H-pyrrole nitrogens is 1. The first-order valence-corrected chi connectivity index (χ1v) is 11.9. The monoisotopic (exact) mass is 418 g/mol. The van der Waals surface area contributed by atoms with Gasteiger partial charge in [-0.2, -0.15) is 4.31 Å². The molecule has 2 aliphatic rings. The molecule has 0 atom stereocenters. The summed E-state index contributed by atoms with van der Waals surface area (Å²) in [5.41, 5.74) is 1.33. The number of hydrogen-bond donors (Lipinski definition) is 1. The van der Waals surface area contributed by atoms with E-state index in [0.29, 0.717) is 43.0 Å². The number of nitrogens with one attached hydrogen (secondary N) is 1. The second-order valence-corrected chi connectivity index (χ2v) is 10.2. The number of likely N-dealkylation sites (N-methyl/N-ethyl adjacent to an activating group) is 1. The summed E-state index contributed by atoms with van der Waals surface area (Å²) < 4.78 is 28.0. The van der Waals surface area contributed by atoms with Crippen LogP contribution in [-0.2, 0) is 10.0 Å². The highest BCUT2D eigenvalue weighted by molar-refractivity contribution is 7.89. The fourth-order valence-corrected chi connectivity index (χ4v) is 5.82. The predicted octanol–water partition coefficient (Wildman–Crippen LogP) is 2.37. The molecule has 0 radical (unpaired) electrons. The molecular weight excluding hydrogens is 388 g/mol. The molecule has 0 spiro atoms. The molecule has 1 amide bonds. The lowest BCUT2D eigenvalue weighted by atomic mass is 9.96. The number of nitrogens with zero attached hydrogens (tertiary/aromatic N) is 3. The van der Waals surface area contributed by atoms with E-state index in [9.17, 15) is 13.2 Å². The number of piperidine rings is 1. The molecule has 0 unspecified atom stereocenters. The van der Waals surface area contributed by atoms with E-state index in [2.05, 4.69) is 16.8 Å². The van der Waals surface area contributed by atoms with Gasteiger partial charge in [0.05, 0.1) is 10.5 Å². The number of carbonyl (C=O) groups is 1. The minimum absolute atomic E-state index is 0.0392. The second-order valence-electron chi connectivity index (χ2n) is 8.26. The number of hydrogen-bond acceptors (Lipinski definition) is 4. The molecule has 2 aliphatic heterocycles. The van der Waals surface area contributed by atoms with E-state index in [1.165, 1.54) is 0 Å². The van der Waals surface area contributed by atoms with Crippen molar-refractivity contribution < 1.29 is 13.2 Å². The zero-order chi connectivity index (χ0) is 20.6. The standard InChI is InChI=1S/C21H30N4O3S/c1-3-16-6-8-25(9-7-16)29(27,28)17-4-5-20-18(14-17)19(15-22-20)21(26)24-12-10-23(2)11-13-24/h4-5,14-16,22H,3,6-13H2,1-2H3. The van der Waals surface area contributed by atoms with Gasteiger partial charge in [0.1, 0.15) is 0 Å². The van der Waals surface area contributed by atoms with Gasteiger partial charge in [0.2, 0.25) is 10.0 Å². The molecule has 0 saturated carbocycles. The zero-order valence-electron chi connectivity index (χ0n) is 17.2. The van der Waals surface area contributed by atoms with Crippen molar-refractivity contribution in [3.8, 4) is 0 Å². The third-order valence-electron chi connectivity index (χ3n) is 6.46. The van der Waals surface area contributed by atoms with Gasteiger partial charge in [0.15, 0.2) is 0 Å². The highest BCUT2D eigenvalue weighted by Crippen LogP contribution is 2.28. The van der Waals surface area contributed by atoms with Crippen LogP contribution in [0.15, 0.2) is 29.3 Å². The summed E-state index contributed by atoms with van der Waals surface area (Å²) in [6, 6.07) is 5.07. The average molecular weight is 419 g/mol. The summed E-state index contributed by atoms with van der Waals surface area (Å²) in [7, 11) is -1.50. The Labute approximate surface area is 172 Å². The van der Waals surface area contributed by atoms with Crippen LogP contribution in [-0.4, -0.2) is 79.7 Å². The third-order valence-corrected chi connectivity index (χ3v) is 8.36. The van der Waals surface area contributed by atoms with Crippen molar-refractivity contribution in [2.45, 2.75) is 31.1 Å². The molecule has 2 fully saturated rings. The summed E-state index contributed by atoms with van der Waals surface area (Å²) in [4.78, 5) is 20.5. The summed E-state index contributed by atoms with van der Waals surface area (Å²) >= 11 is 0. The second kappa shape index (κ2) is 8.08. The fourth-order valence-electron chi connectivity index (χ4n) is 4.32. The Kier molecular flexibility index (Phi) is 5.68. The Morgan fingerprint density at radius 2 is 1.79 bits per heavy atom. The molecule has 1 N–H and O–H groups in total. The molecule has 0 bridgehead atoms. The number of rotatable bonds is 4. The van der Waals surface area contributed by atoms with Crippen LogP contribution in [0, 0.1) is 5.92 Å². The first kappa shape index (κ1) is 20.4. The Morgan fingerprint density at radius 1 is 1.10 bits per heavy atom. The molecule has 2 aromatic rings. The SMILES string of the molecule is CCC1CCN(S(=O)(=O)c2ccc3[nH]cc(C(=O)N4CCN(C)CC4)c3c2)CC1. The van der Waals surface area contributed by atoms with Gasteiger partial charge in [-0.3, -0.25) is 4.79 Å². The minimum Gasteiger partial charge on any atom is -0.360 e. The van der Waals surface area contributed by atoms with Crippen LogP contribution >= 0.6 is 0 Å². The summed E-state index contributed by atoms with van der Waals surface area (Å²) in [6.07, 6.45) is 4.62. The van der Waals surface area contributed by atoms with Gasteiger partial charge in [-0.05, 0) is 44.0 Å². The van der Waals surface area contributed by atoms with Gasteiger partial charge in [0.25, 0.3) is 5.91 Å². The average Bonchev–Trinajstić information content (AvgIpc) is 3.17. The Hall–Kier alpha value is -1.90. The van der Waals surface area contributed by atoms with Crippen LogP contribution < -0.4 is 0 Å². The van der Waals surface area contributed by atoms with Gasteiger partial charge >= 0.3 is 0 Å². The maximum Gasteiger partial charge on any atom is 0.256 e. The van der Waals surface area contributed by atoms with E-state index < -0.39 is 10.0 Å². The molecular formula is C21H30N4O3S. The lowest BCUT2D eigenvalue weighted by Gasteiger charge is -2.32. The molecule has 1 aromatic carbocycles. The highest BCUT2D eigenvalue weighted by atomic mass is 32.2. The minimum atomic E-state index is -3.55. The number of aromatic nitrogens is 1. The lowest BCUT2D eigenvalue weighted by Crippen LogP contribution is -2.47. The first-order valence-electron chi connectivity index (χ1n) is 10.5. The number of piperazine rings is 1. The van der Waals surface area contributed by atoms with E-state index in [1.807, 2.05) is 11.9 Å². The molecule has 2 saturated heterocycles. The Morgan fingerprint density at radius 3 is 2.45 bits per heavy atom. The van der Waals surface area contributed by atoms with Crippen molar-refractivity contribution in [2.75, 3.05) is 46.3 Å². The van der Waals surface area contributed by atoms with Gasteiger partial charge in [0, 0.05) is 56.4 Å². The van der Waals surface area contributed by atoms with Gasteiger partial charge in [-0.1, -0.05) is 13.3 Å². The van der Waals surface area contributed by atoms with E-state index in [-0.39, 0.29) is 10.8 Å². The normalized spacial score (nSPS) is 20.4. The largest absolute Gasteiger partial charge is 0.360 e. The van der Waals surface area contributed by atoms with Crippen molar-refractivity contribution >= 4 is 26.8 Å². The highest BCUT2D eigenvalue weighted by Gasteiger charge is 2.30. The molecule has 29 heavy (non-hydrogen) atoms. The van der Waals surface area contributed by atoms with E-state index >= 15 is 0 Å². The van der Waals surface area contributed by atoms with Crippen molar-refractivity contribution in [1.29, 1.82) is 0 Å². The number of aromatic amines is 1. The van der Waals surface area contributed by atoms with Crippen molar-refractivity contribution in [3.05, 3.63) is 30.0 Å². The number of benzene rings is 1. The summed E-state index contributed by atoms with van der Waals surface area (Å²) in [6.45, 7) is 6.37. The van der Waals surface area contributed by atoms with Crippen molar-refractivity contribution in [3.63, 3.8) is 0 Å². The number of amides is 1. The fraction of sp³-hybridized carbons (Fsp3) is 0.571. The van der Waals surface area contributed by atoms with Crippen molar-refractivity contribution in [1.82, 2.24) is 19.1 Å². The van der Waals surface area contributed by atoms with Gasteiger partial charge < -0.3 is 14.8 Å². The van der Waals surface area contributed by atoms with Crippen LogP contribution in [0.1, 0.15) is 36.5 Å². The van der Waals surface area contributed by atoms with Crippen LogP contribution in [0.3, 0.4) is 0 Å². The number of fused-ring (bicyclic) bond motifs is 1. The molecule has 0 aliphatic carbocycles. The van der Waals surface area contributed by atoms with Crippen LogP contribution in [0.5, 0.6) is 0 Å². The van der Waals surface area contributed by atoms with Gasteiger partial charge in [-0.15, -0.1) is 0 Å². The Balaban J connectivity index is 1.61. The number of carbonyl (C=O) groups excluding carboxylic acids is 1. The smallest absolute Gasteiger partial charge is 0.256 e. The molecule has 1 aromatic heterocycles. The first-order chi connectivity index (χ1) is 13.9. The topological polar surface area (TPSA) is 76.7 Å². The molecule has 7 nitrogen and oxygen atoms in total. The van der Waals surface area contributed by atoms with E-state index in [0.717, 1.165) is 37.9 Å². The summed E-state index contributed by atoms with van der Waals surface area (Å²) in [5.74, 6) is 0.573. The van der Waals surface area contributed by atoms with Gasteiger partial charge in [-0.25, -0.2) is 8.42 Å². The predicted molar refractivity (Wildman–Crippen MR) is 113 cm³/mol. The maximum absolute atomic E-state index is 13.2. The molecule has 158 valence electrons. The maximum atomic E-state index is 13.2. The van der Waals surface area contributed by atoms with E-state index in [4.69, 9.17) is 0 Å². The number of sulfonamides is 1. The molecule has 8 heteroatoms. The lowest BCUT2D eigenvalue weighted by molar-refractivity contribution is 0.0666. The molecule has 3 heterocycles. The van der Waals surface area contributed by atoms with Crippen LogP contribution in [0.4, 0.5) is 0 Å². The quantitative estimate of drug-likeness (QED) is 0.827.